The quantitative estimate of drug-likeness (QED) is 0.906. The lowest BCUT2D eigenvalue weighted by Gasteiger charge is -2.26. The second-order valence-electron chi connectivity index (χ2n) is 5.74. The summed E-state index contributed by atoms with van der Waals surface area (Å²) in [6, 6.07) is 5.47. The Kier molecular flexibility index (Phi) is 5.16. The fraction of sp³-hybridized carbons (Fsp3) is 0.600. The van der Waals surface area contributed by atoms with Crippen molar-refractivity contribution in [2.24, 2.45) is 11.8 Å². The molecule has 20 heavy (non-hydrogen) atoms. The maximum atomic E-state index is 13.5. The summed E-state index contributed by atoms with van der Waals surface area (Å²) in [4.78, 5) is -0.266. The number of sulfonamides is 1. The molecule has 1 aliphatic rings. The lowest BCUT2D eigenvalue weighted by Crippen LogP contribution is -2.27. The summed E-state index contributed by atoms with van der Waals surface area (Å²) in [6.07, 6.45) is 5.63. The zero-order chi connectivity index (χ0) is 14.6. The van der Waals surface area contributed by atoms with Gasteiger partial charge < -0.3 is 0 Å². The van der Waals surface area contributed by atoms with Gasteiger partial charge in [0.05, 0.1) is 0 Å². The van der Waals surface area contributed by atoms with Crippen LogP contribution in [0.25, 0.3) is 0 Å². The molecular formula is C15H22FNO2S. The summed E-state index contributed by atoms with van der Waals surface area (Å²) in [5.74, 6) is 0.683. The van der Waals surface area contributed by atoms with Crippen molar-refractivity contribution in [2.45, 2.75) is 43.9 Å². The first-order valence-corrected chi connectivity index (χ1v) is 8.71. The second kappa shape index (κ2) is 6.68. The van der Waals surface area contributed by atoms with E-state index in [-0.39, 0.29) is 4.90 Å². The van der Waals surface area contributed by atoms with Gasteiger partial charge in [0.25, 0.3) is 0 Å². The molecule has 0 unspecified atom stereocenters. The van der Waals surface area contributed by atoms with E-state index in [4.69, 9.17) is 0 Å². The van der Waals surface area contributed by atoms with Crippen LogP contribution in [0.4, 0.5) is 4.39 Å². The van der Waals surface area contributed by atoms with Gasteiger partial charge in [-0.15, -0.1) is 0 Å². The molecule has 0 heterocycles. The van der Waals surface area contributed by atoms with Crippen LogP contribution in [0, 0.1) is 17.7 Å². The highest BCUT2D eigenvalue weighted by atomic mass is 32.2. The molecule has 1 aromatic rings. The largest absolute Gasteiger partial charge is 0.243 e. The summed E-state index contributed by atoms with van der Waals surface area (Å²) in [7, 11) is -3.73. The Balaban J connectivity index is 1.86. The number of benzene rings is 1. The Labute approximate surface area is 120 Å². The highest BCUT2D eigenvalue weighted by Gasteiger charge is 2.21. The fourth-order valence-electron chi connectivity index (χ4n) is 2.76. The van der Waals surface area contributed by atoms with E-state index in [9.17, 15) is 12.8 Å². The molecule has 112 valence electrons. The predicted octanol–water partition coefficient (Wildman–Crippen LogP) is 3.32. The fourth-order valence-corrected chi connectivity index (χ4v) is 3.88. The van der Waals surface area contributed by atoms with E-state index in [1.54, 1.807) is 0 Å². The van der Waals surface area contributed by atoms with Crippen LogP contribution >= 0.6 is 0 Å². The van der Waals surface area contributed by atoms with Crippen LogP contribution in [0.2, 0.25) is 0 Å². The monoisotopic (exact) mass is 299 g/mol. The third kappa shape index (κ3) is 4.03. The minimum absolute atomic E-state index is 0.266. The molecule has 2 rings (SSSR count). The van der Waals surface area contributed by atoms with E-state index in [0.29, 0.717) is 12.5 Å². The van der Waals surface area contributed by atoms with Gasteiger partial charge >= 0.3 is 0 Å². The number of hydrogen-bond donors (Lipinski definition) is 1. The Morgan fingerprint density at radius 2 is 1.85 bits per heavy atom. The summed E-state index contributed by atoms with van der Waals surface area (Å²) in [5, 5.41) is 0. The summed E-state index contributed by atoms with van der Waals surface area (Å²) >= 11 is 0. The molecule has 1 aromatic carbocycles. The van der Waals surface area contributed by atoms with Crippen LogP contribution in [-0.4, -0.2) is 15.0 Å². The van der Waals surface area contributed by atoms with Crippen molar-refractivity contribution in [3.8, 4) is 0 Å². The van der Waals surface area contributed by atoms with E-state index < -0.39 is 15.8 Å². The van der Waals surface area contributed by atoms with E-state index in [0.717, 1.165) is 18.4 Å². The van der Waals surface area contributed by atoms with Gasteiger partial charge in [0.1, 0.15) is 10.7 Å². The lowest BCUT2D eigenvalue weighted by atomic mass is 9.81. The molecule has 0 saturated heterocycles. The molecule has 0 atom stereocenters. The van der Waals surface area contributed by atoms with Gasteiger partial charge in [-0.25, -0.2) is 17.5 Å². The van der Waals surface area contributed by atoms with Crippen molar-refractivity contribution >= 4 is 10.0 Å². The third-order valence-corrected chi connectivity index (χ3v) is 5.60. The zero-order valence-corrected chi connectivity index (χ0v) is 12.6. The van der Waals surface area contributed by atoms with E-state index >= 15 is 0 Å². The first-order chi connectivity index (χ1) is 9.49. The molecule has 0 bridgehead atoms. The SMILES string of the molecule is CC1CCC(CCNS(=O)(=O)c2ccccc2F)CC1. The van der Waals surface area contributed by atoms with Gasteiger partial charge in [-0.2, -0.15) is 0 Å². The van der Waals surface area contributed by atoms with Crippen LogP contribution in [0.1, 0.15) is 39.0 Å². The van der Waals surface area contributed by atoms with Gasteiger partial charge in [-0.3, -0.25) is 0 Å². The van der Waals surface area contributed by atoms with E-state index in [1.165, 1.54) is 43.9 Å². The maximum Gasteiger partial charge on any atom is 0.243 e. The lowest BCUT2D eigenvalue weighted by molar-refractivity contribution is 0.278. The summed E-state index contributed by atoms with van der Waals surface area (Å²) in [6.45, 7) is 2.65. The van der Waals surface area contributed by atoms with Crippen molar-refractivity contribution in [1.29, 1.82) is 0 Å². The maximum absolute atomic E-state index is 13.5. The number of rotatable bonds is 5. The van der Waals surface area contributed by atoms with Gasteiger partial charge in [0, 0.05) is 6.54 Å². The van der Waals surface area contributed by atoms with E-state index in [2.05, 4.69) is 11.6 Å². The van der Waals surface area contributed by atoms with Gasteiger partial charge in [-0.1, -0.05) is 44.7 Å². The normalized spacial score (nSPS) is 23.7. The van der Waals surface area contributed by atoms with Crippen molar-refractivity contribution in [3.63, 3.8) is 0 Å². The highest BCUT2D eigenvalue weighted by Crippen LogP contribution is 2.30. The molecule has 1 fully saturated rings. The van der Waals surface area contributed by atoms with Gasteiger partial charge in [0.15, 0.2) is 0 Å². The highest BCUT2D eigenvalue weighted by molar-refractivity contribution is 7.89. The Morgan fingerprint density at radius 3 is 2.50 bits per heavy atom. The predicted molar refractivity (Wildman–Crippen MR) is 77.3 cm³/mol. The smallest absolute Gasteiger partial charge is 0.211 e. The van der Waals surface area contributed by atoms with Crippen LogP contribution in [0.15, 0.2) is 29.2 Å². The molecular weight excluding hydrogens is 277 g/mol. The molecule has 0 aliphatic heterocycles. The first-order valence-electron chi connectivity index (χ1n) is 7.23. The first kappa shape index (κ1) is 15.4. The van der Waals surface area contributed by atoms with Gasteiger partial charge in [-0.05, 0) is 30.4 Å². The minimum Gasteiger partial charge on any atom is -0.211 e. The number of nitrogens with one attached hydrogen (secondary N) is 1. The Hall–Kier alpha value is -0.940. The average Bonchev–Trinajstić information content (AvgIpc) is 2.41. The molecule has 5 heteroatoms. The van der Waals surface area contributed by atoms with Crippen molar-refractivity contribution in [2.75, 3.05) is 6.54 Å². The zero-order valence-electron chi connectivity index (χ0n) is 11.8. The summed E-state index contributed by atoms with van der Waals surface area (Å²) in [5.41, 5.74) is 0. The molecule has 0 amide bonds. The van der Waals surface area contributed by atoms with Crippen molar-refractivity contribution in [3.05, 3.63) is 30.1 Å². The van der Waals surface area contributed by atoms with Crippen LogP contribution in [0.5, 0.6) is 0 Å². The number of halogens is 1. The Morgan fingerprint density at radius 1 is 1.20 bits per heavy atom. The summed E-state index contributed by atoms with van der Waals surface area (Å²) < 4.78 is 40.0. The molecule has 1 N–H and O–H groups in total. The van der Waals surface area contributed by atoms with E-state index in [1.807, 2.05) is 0 Å². The van der Waals surface area contributed by atoms with Crippen LogP contribution < -0.4 is 4.72 Å². The van der Waals surface area contributed by atoms with Crippen molar-refractivity contribution < 1.29 is 12.8 Å². The topological polar surface area (TPSA) is 46.2 Å². The van der Waals surface area contributed by atoms with Crippen molar-refractivity contribution in [1.82, 2.24) is 4.72 Å². The van der Waals surface area contributed by atoms with Gasteiger partial charge in [0.2, 0.25) is 10.0 Å². The van der Waals surface area contributed by atoms with Crippen LogP contribution in [0.3, 0.4) is 0 Å². The minimum atomic E-state index is -3.73. The molecule has 1 aliphatic carbocycles. The molecule has 3 nitrogen and oxygen atoms in total. The average molecular weight is 299 g/mol. The Bertz CT molecular complexity index is 537. The molecule has 0 aromatic heterocycles. The van der Waals surface area contributed by atoms with Crippen LogP contribution in [-0.2, 0) is 10.0 Å². The standard InChI is InChI=1S/C15H22FNO2S/c1-12-6-8-13(9-7-12)10-11-17-20(18,19)15-5-3-2-4-14(15)16/h2-5,12-13,17H,6-11H2,1H3. The second-order valence-corrected chi connectivity index (χ2v) is 7.48. The molecule has 0 radical (unpaired) electrons. The molecule has 1 saturated carbocycles. The third-order valence-electron chi connectivity index (χ3n) is 4.11. The number of hydrogen-bond acceptors (Lipinski definition) is 2. The molecule has 0 spiro atoms.